The molecule has 3 nitrogen and oxygen atoms in total. The number of amides is 1. The number of thioether (sulfide) groups is 1. The van der Waals surface area contributed by atoms with Gasteiger partial charge < -0.3 is 10.2 Å². The van der Waals surface area contributed by atoms with Crippen LogP contribution in [0, 0.1) is 0 Å². The standard InChI is InChI=1S/C18H26N2OS2/c1-4-20(5-2)18(22)23-13(3)17(21)19-16-12-8-10-14-9-6-7-11-15(14)16/h6-7,9,11,13,16H,4-5,8,10,12H2,1-3H3,(H,19,21). The Morgan fingerprint density at radius 3 is 2.78 bits per heavy atom. The van der Waals surface area contributed by atoms with Crippen LogP contribution in [0.5, 0.6) is 0 Å². The molecule has 2 rings (SSSR count). The van der Waals surface area contributed by atoms with E-state index in [0.717, 1.165) is 36.7 Å². The van der Waals surface area contributed by atoms with E-state index >= 15 is 0 Å². The third-order valence-corrected chi connectivity index (χ3v) is 5.93. The maximum absolute atomic E-state index is 12.5. The largest absolute Gasteiger partial charge is 0.358 e. The van der Waals surface area contributed by atoms with Crippen molar-refractivity contribution in [3.05, 3.63) is 35.4 Å². The highest BCUT2D eigenvalue weighted by atomic mass is 32.2. The number of hydrogen-bond donors (Lipinski definition) is 1. The van der Waals surface area contributed by atoms with E-state index in [1.165, 1.54) is 22.9 Å². The molecule has 0 spiro atoms. The van der Waals surface area contributed by atoms with E-state index in [-0.39, 0.29) is 17.2 Å². The van der Waals surface area contributed by atoms with E-state index < -0.39 is 0 Å². The number of nitrogens with zero attached hydrogens (tertiary/aromatic N) is 1. The normalized spacial score (nSPS) is 18.0. The van der Waals surface area contributed by atoms with Crippen LogP contribution in [-0.4, -0.2) is 33.5 Å². The van der Waals surface area contributed by atoms with Gasteiger partial charge in [-0.3, -0.25) is 4.79 Å². The van der Waals surface area contributed by atoms with Crippen LogP contribution in [0.4, 0.5) is 0 Å². The quantitative estimate of drug-likeness (QED) is 0.816. The van der Waals surface area contributed by atoms with Crippen molar-refractivity contribution in [3.63, 3.8) is 0 Å². The van der Waals surface area contributed by atoms with Crippen molar-refractivity contribution in [2.75, 3.05) is 13.1 Å². The molecule has 23 heavy (non-hydrogen) atoms. The van der Waals surface area contributed by atoms with Crippen LogP contribution in [0.25, 0.3) is 0 Å². The van der Waals surface area contributed by atoms with Gasteiger partial charge in [0.2, 0.25) is 5.91 Å². The van der Waals surface area contributed by atoms with Gasteiger partial charge in [-0.25, -0.2) is 0 Å². The third-order valence-electron chi connectivity index (χ3n) is 4.35. The van der Waals surface area contributed by atoms with Crippen molar-refractivity contribution >= 4 is 34.2 Å². The zero-order valence-electron chi connectivity index (χ0n) is 14.2. The average molecular weight is 351 g/mol. The Labute approximate surface area is 149 Å². The molecule has 1 amide bonds. The van der Waals surface area contributed by atoms with E-state index in [0.29, 0.717) is 0 Å². The fraction of sp³-hybridized carbons (Fsp3) is 0.556. The average Bonchev–Trinajstić information content (AvgIpc) is 2.56. The summed E-state index contributed by atoms with van der Waals surface area (Å²) in [5.74, 6) is 0.0752. The topological polar surface area (TPSA) is 32.3 Å². The molecule has 0 aliphatic heterocycles. The Morgan fingerprint density at radius 1 is 1.39 bits per heavy atom. The van der Waals surface area contributed by atoms with Crippen LogP contribution in [0.2, 0.25) is 0 Å². The Kier molecular flexibility index (Phi) is 6.90. The van der Waals surface area contributed by atoms with Gasteiger partial charge >= 0.3 is 0 Å². The fourth-order valence-corrected chi connectivity index (χ4v) is 4.53. The molecule has 2 atom stereocenters. The molecule has 1 aliphatic rings. The fourth-order valence-electron chi connectivity index (χ4n) is 2.95. The molecule has 1 aliphatic carbocycles. The molecule has 1 aromatic rings. The Hall–Kier alpha value is -1.07. The first-order chi connectivity index (χ1) is 11.1. The number of thiocarbonyl (C=S) groups is 1. The van der Waals surface area contributed by atoms with E-state index in [4.69, 9.17) is 12.2 Å². The van der Waals surface area contributed by atoms with E-state index in [2.05, 4.69) is 48.3 Å². The lowest BCUT2D eigenvalue weighted by Crippen LogP contribution is -2.37. The lowest BCUT2D eigenvalue weighted by atomic mass is 9.88. The zero-order valence-corrected chi connectivity index (χ0v) is 15.8. The Morgan fingerprint density at radius 2 is 2.09 bits per heavy atom. The second-order valence-corrected chi connectivity index (χ2v) is 7.83. The van der Waals surface area contributed by atoms with Crippen LogP contribution in [0.15, 0.2) is 24.3 Å². The summed E-state index contributed by atoms with van der Waals surface area (Å²) in [5, 5.41) is 3.05. The van der Waals surface area contributed by atoms with Crippen molar-refractivity contribution in [1.82, 2.24) is 10.2 Å². The van der Waals surface area contributed by atoms with Gasteiger partial charge in [0.1, 0.15) is 4.32 Å². The maximum atomic E-state index is 12.5. The summed E-state index contributed by atoms with van der Waals surface area (Å²) in [6, 6.07) is 8.57. The smallest absolute Gasteiger partial charge is 0.233 e. The van der Waals surface area contributed by atoms with Gasteiger partial charge in [0.15, 0.2) is 0 Å². The predicted molar refractivity (Wildman–Crippen MR) is 103 cm³/mol. The minimum absolute atomic E-state index is 0.0752. The van der Waals surface area contributed by atoms with Gasteiger partial charge in [-0.1, -0.05) is 48.2 Å². The number of benzene rings is 1. The minimum atomic E-state index is -0.169. The molecule has 0 saturated heterocycles. The number of hydrogen-bond acceptors (Lipinski definition) is 3. The highest BCUT2D eigenvalue weighted by Gasteiger charge is 2.25. The second-order valence-electron chi connectivity index (χ2n) is 5.85. The molecule has 1 aromatic carbocycles. The number of nitrogens with one attached hydrogen (secondary N) is 1. The monoisotopic (exact) mass is 350 g/mol. The first-order valence-corrected chi connectivity index (χ1v) is 9.69. The number of fused-ring (bicyclic) bond motifs is 1. The van der Waals surface area contributed by atoms with Crippen LogP contribution in [0.1, 0.15) is 50.8 Å². The molecule has 0 aromatic heterocycles. The number of rotatable bonds is 5. The Balaban J connectivity index is 1.96. The van der Waals surface area contributed by atoms with E-state index in [9.17, 15) is 4.79 Å². The van der Waals surface area contributed by atoms with Crippen molar-refractivity contribution in [2.45, 2.75) is 51.3 Å². The Bertz CT molecular complexity index is 558. The number of carbonyl (C=O) groups is 1. The highest BCUT2D eigenvalue weighted by molar-refractivity contribution is 8.23. The zero-order chi connectivity index (χ0) is 16.8. The first-order valence-electron chi connectivity index (χ1n) is 8.40. The summed E-state index contributed by atoms with van der Waals surface area (Å²) in [4.78, 5) is 14.7. The van der Waals surface area contributed by atoms with Gasteiger partial charge in [0, 0.05) is 13.1 Å². The van der Waals surface area contributed by atoms with Crippen molar-refractivity contribution < 1.29 is 4.79 Å². The van der Waals surface area contributed by atoms with E-state index in [1.807, 2.05) is 6.92 Å². The van der Waals surface area contributed by atoms with Crippen molar-refractivity contribution in [1.29, 1.82) is 0 Å². The van der Waals surface area contributed by atoms with Crippen LogP contribution < -0.4 is 5.32 Å². The van der Waals surface area contributed by atoms with Gasteiger partial charge in [0.05, 0.1) is 11.3 Å². The first kappa shape index (κ1) is 18.3. The second kappa shape index (κ2) is 8.69. The SMILES string of the molecule is CCN(CC)C(=S)SC(C)C(=O)NC1CCCc2ccccc21. The molecule has 0 radical (unpaired) electrons. The molecular weight excluding hydrogens is 324 g/mol. The molecular formula is C18H26N2OS2. The van der Waals surface area contributed by atoms with Gasteiger partial charge in [-0.05, 0) is 51.2 Å². The predicted octanol–water partition coefficient (Wildman–Crippen LogP) is 3.93. The molecule has 1 N–H and O–H groups in total. The molecule has 0 fully saturated rings. The summed E-state index contributed by atoms with van der Waals surface area (Å²) in [7, 11) is 0. The lowest BCUT2D eigenvalue weighted by Gasteiger charge is -2.28. The molecule has 0 saturated carbocycles. The van der Waals surface area contributed by atoms with Gasteiger partial charge in [-0.15, -0.1) is 0 Å². The molecule has 5 heteroatoms. The van der Waals surface area contributed by atoms with Crippen LogP contribution in [0.3, 0.4) is 0 Å². The number of aryl methyl sites for hydroxylation is 1. The molecule has 0 bridgehead atoms. The third kappa shape index (κ3) is 4.70. The summed E-state index contributed by atoms with van der Waals surface area (Å²) >= 11 is 6.93. The minimum Gasteiger partial charge on any atom is -0.358 e. The van der Waals surface area contributed by atoms with Crippen LogP contribution >= 0.6 is 24.0 Å². The molecule has 126 valence electrons. The number of carbonyl (C=O) groups excluding carboxylic acids is 1. The van der Waals surface area contributed by atoms with Crippen LogP contribution in [-0.2, 0) is 11.2 Å². The highest BCUT2D eigenvalue weighted by Crippen LogP contribution is 2.30. The van der Waals surface area contributed by atoms with Gasteiger partial charge in [-0.2, -0.15) is 0 Å². The molecule has 2 unspecified atom stereocenters. The van der Waals surface area contributed by atoms with Crippen molar-refractivity contribution in [2.24, 2.45) is 0 Å². The lowest BCUT2D eigenvalue weighted by molar-refractivity contribution is -0.121. The maximum Gasteiger partial charge on any atom is 0.233 e. The summed E-state index contributed by atoms with van der Waals surface area (Å²) in [5.41, 5.74) is 2.64. The van der Waals surface area contributed by atoms with Crippen molar-refractivity contribution in [3.8, 4) is 0 Å². The summed E-state index contributed by atoms with van der Waals surface area (Å²) < 4.78 is 0.807. The van der Waals surface area contributed by atoms with Gasteiger partial charge in [0.25, 0.3) is 0 Å². The summed E-state index contributed by atoms with van der Waals surface area (Å²) in [6.07, 6.45) is 3.25. The summed E-state index contributed by atoms with van der Waals surface area (Å²) in [6.45, 7) is 7.87. The van der Waals surface area contributed by atoms with E-state index in [1.54, 1.807) is 0 Å². The molecule has 0 heterocycles.